The molecular weight excluding hydrogens is 266 g/mol. The molecule has 0 atom stereocenters. The van der Waals surface area contributed by atoms with Crippen molar-refractivity contribution < 1.29 is 4.74 Å². The van der Waals surface area contributed by atoms with E-state index in [1.54, 1.807) is 6.20 Å². The van der Waals surface area contributed by atoms with Crippen LogP contribution in [0.5, 0.6) is 0 Å². The first-order chi connectivity index (χ1) is 10.3. The summed E-state index contributed by atoms with van der Waals surface area (Å²) in [4.78, 5) is 6.61. The molecule has 1 aromatic heterocycles. The van der Waals surface area contributed by atoms with E-state index in [0.29, 0.717) is 19.2 Å². The minimum atomic E-state index is 0.659. The van der Waals surface area contributed by atoms with E-state index < -0.39 is 0 Å². The first-order valence-electron chi connectivity index (χ1n) is 7.13. The molecule has 0 unspecified atom stereocenters. The van der Waals surface area contributed by atoms with E-state index in [1.807, 2.05) is 0 Å². The summed E-state index contributed by atoms with van der Waals surface area (Å²) in [6.07, 6.45) is 1.65. The van der Waals surface area contributed by atoms with E-state index in [2.05, 4.69) is 56.6 Å². The van der Waals surface area contributed by atoms with Gasteiger partial charge in [-0.05, 0) is 12.5 Å². The molecule has 6 nitrogen and oxygen atoms in total. The van der Waals surface area contributed by atoms with Crippen LogP contribution in [0.2, 0.25) is 0 Å². The lowest BCUT2D eigenvalue weighted by molar-refractivity contribution is 0.122. The predicted octanol–water partition coefficient (Wildman–Crippen LogP) is 1.63. The molecule has 1 fully saturated rings. The highest BCUT2D eigenvalue weighted by Gasteiger charge is 2.14. The molecule has 0 radical (unpaired) electrons. The SMILES string of the molecule is Cc1ccc(CNc2cnnc(N3CCOCC3)n2)cc1. The fourth-order valence-electron chi connectivity index (χ4n) is 2.18. The van der Waals surface area contributed by atoms with Crippen molar-refractivity contribution in [2.75, 3.05) is 36.5 Å². The zero-order chi connectivity index (χ0) is 14.5. The zero-order valence-electron chi connectivity index (χ0n) is 12.1. The van der Waals surface area contributed by atoms with E-state index in [4.69, 9.17) is 4.74 Å². The average molecular weight is 285 g/mol. The Hall–Kier alpha value is -2.21. The Kier molecular flexibility index (Phi) is 4.25. The molecular formula is C15H19N5O. The molecule has 0 aliphatic carbocycles. The van der Waals surface area contributed by atoms with Gasteiger partial charge in [-0.1, -0.05) is 29.8 Å². The molecule has 1 aliphatic rings. The van der Waals surface area contributed by atoms with Gasteiger partial charge in [-0.2, -0.15) is 10.1 Å². The van der Waals surface area contributed by atoms with Crippen LogP contribution in [0.15, 0.2) is 30.5 Å². The number of aryl methyl sites for hydroxylation is 1. The lowest BCUT2D eigenvalue weighted by Crippen LogP contribution is -2.37. The number of benzene rings is 1. The Labute approximate surface area is 124 Å². The predicted molar refractivity (Wildman–Crippen MR) is 81.4 cm³/mol. The Balaban J connectivity index is 1.64. The van der Waals surface area contributed by atoms with Crippen LogP contribution in [0.4, 0.5) is 11.8 Å². The fourth-order valence-corrected chi connectivity index (χ4v) is 2.18. The molecule has 110 valence electrons. The van der Waals surface area contributed by atoms with E-state index in [9.17, 15) is 0 Å². The van der Waals surface area contributed by atoms with Gasteiger partial charge in [0.1, 0.15) is 0 Å². The Morgan fingerprint density at radius 2 is 1.95 bits per heavy atom. The minimum Gasteiger partial charge on any atom is -0.378 e. The number of ether oxygens (including phenoxy) is 1. The Morgan fingerprint density at radius 3 is 2.71 bits per heavy atom. The normalized spacial score (nSPS) is 15.0. The molecule has 0 amide bonds. The van der Waals surface area contributed by atoms with E-state index in [1.165, 1.54) is 11.1 Å². The van der Waals surface area contributed by atoms with Crippen molar-refractivity contribution in [3.8, 4) is 0 Å². The van der Waals surface area contributed by atoms with Crippen LogP contribution < -0.4 is 10.2 Å². The number of hydrogen-bond acceptors (Lipinski definition) is 6. The van der Waals surface area contributed by atoms with Crippen LogP contribution in [-0.4, -0.2) is 41.5 Å². The summed E-state index contributed by atoms with van der Waals surface area (Å²) in [5, 5.41) is 11.4. The van der Waals surface area contributed by atoms with Crippen molar-refractivity contribution in [2.45, 2.75) is 13.5 Å². The molecule has 1 saturated heterocycles. The maximum absolute atomic E-state index is 5.33. The standard InChI is InChI=1S/C15H19N5O/c1-12-2-4-13(5-3-12)10-16-14-11-17-19-15(18-14)20-6-8-21-9-7-20/h2-5,11H,6-10H2,1H3,(H,16,18,19). The smallest absolute Gasteiger partial charge is 0.247 e. The van der Waals surface area contributed by atoms with Gasteiger partial charge in [-0.25, -0.2) is 0 Å². The topological polar surface area (TPSA) is 63.2 Å². The van der Waals surface area contributed by atoms with Gasteiger partial charge in [-0.15, -0.1) is 5.10 Å². The van der Waals surface area contributed by atoms with Gasteiger partial charge in [0.05, 0.1) is 19.4 Å². The summed E-state index contributed by atoms with van der Waals surface area (Å²) < 4.78 is 5.33. The van der Waals surface area contributed by atoms with Crippen molar-refractivity contribution >= 4 is 11.8 Å². The molecule has 0 bridgehead atoms. The number of nitrogens with zero attached hydrogens (tertiary/aromatic N) is 4. The molecule has 2 aromatic rings. The molecule has 1 aliphatic heterocycles. The maximum atomic E-state index is 5.33. The van der Waals surface area contributed by atoms with Gasteiger partial charge < -0.3 is 15.0 Å². The second kappa shape index (κ2) is 6.49. The van der Waals surface area contributed by atoms with Crippen molar-refractivity contribution in [2.24, 2.45) is 0 Å². The number of hydrogen-bond donors (Lipinski definition) is 1. The summed E-state index contributed by atoms with van der Waals surface area (Å²) in [7, 11) is 0. The van der Waals surface area contributed by atoms with Gasteiger partial charge in [0.15, 0.2) is 5.82 Å². The number of morpholine rings is 1. The summed E-state index contributed by atoms with van der Waals surface area (Å²) in [6.45, 7) is 5.85. The van der Waals surface area contributed by atoms with Crippen LogP contribution in [0.25, 0.3) is 0 Å². The van der Waals surface area contributed by atoms with E-state index >= 15 is 0 Å². The van der Waals surface area contributed by atoms with Crippen LogP contribution in [0, 0.1) is 6.92 Å². The highest BCUT2D eigenvalue weighted by molar-refractivity contribution is 5.40. The fraction of sp³-hybridized carbons (Fsp3) is 0.400. The number of rotatable bonds is 4. The summed E-state index contributed by atoms with van der Waals surface area (Å²) in [5.41, 5.74) is 2.48. The molecule has 2 heterocycles. The van der Waals surface area contributed by atoms with Crippen molar-refractivity contribution in [1.82, 2.24) is 15.2 Å². The molecule has 21 heavy (non-hydrogen) atoms. The third-order valence-corrected chi connectivity index (χ3v) is 3.44. The highest BCUT2D eigenvalue weighted by atomic mass is 16.5. The van der Waals surface area contributed by atoms with Gasteiger partial charge >= 0.3 is 0 Å². The molecule has 1 N–H and O–H groups in total. The van der Waals surface area contributed by atoms with Crippen LogP contribution in [0.3, 0.4) is 0 Å². The van der Waals surface area contributed by atoms with Crippen LogP contribution >= 0.6 is 0 Å². The highest BCUT2D eigenvalue weighted by Crippen LogP contribution is 2.12. The Morgan fingerprint density at radius 1 is 1.19 bits per heavy atom. The molecule has 0 saturated carbocycles. The van der Waals surface area contributed by atoms with Gasteiger partial charge in [0, 0.05) is 19.6 Å². The summed E-state index contributed by atoms with van der Waals surface area (Å²) in [5.74, 6) is 1.40. The maximum Gasteiger partial charge on any atom is 0.247 e. The first kappa shape index (κ1) is 13.8. The third-order valence-electron chi connectivity index (χ3n) is 3.44. The molecule has 3 rings (SSSR count). The lowest BCUT2D eigenvalue weighted by atomic mass is 10.1. The summed E-state index contributed by atoms with van der Waals surface area (Å²) >= 11 is 0. The monoisotopic (exact) mass is 285 g/mol. The van der Waals surface area contributed by atoms with E-state index in [0.717, 1.165) is 25.5 Å². The minimum absolute atomic E-state index is 0.659. The quantitative estimate of drug-likeness (QED) is 0.921. The van der Waals surface area contributed by atoms with Crippen molar-refractivity contribution in [3.63, 3.8) is 0 Å². The van der Waals surface area contributed by atoms with Gasteiger partial charge in [0.2, 0.25) is 5.95 Å². The summed E-state index contributed by atoms with van der Waals surface area (Å²) in [6, 6.07) is 8.43. The second-order valence-electron chi connectivity index (χ2n) is 5.08. The molecule has 1 aromatic carbocycles. The number of aromatic nitrogens is 3. The zero-order valence-corrected chi connectivity index (χ0v) is 12.1. The number of nitrogens with one attached hydrogen (secondary N) is 1. The van der Waals surface area contributed by atoms with Gasteiger partial charge in [-0.3, -0.25) is 0 Å². The van der Waals surface area contributed by atoms with Gasteiger partial charge in [0.25, 0.3) is 0 Å². The van der Waals surface area contributed by atoms with Crippen molar-refractivity contribution in [1.29, 1.82) is 0 Å². The molecule has 6 heteroatoms. The van der Waals surface area contributed by atoms with Crippen LogP contribution in [-0.2, 0) is 11.3 Å². The largest absolute Gasteiger partial charge is 0.378 e. The Bertz CT molecular complexity index is 581. The number of anilines is 2. The molecule has 0 spiro atoms. The average Bonchev–Trinajstić information content (AvgIpc) is 2.55. The lowest BCUT2D eigenvalue weighted by Gasteiger charge is -2.26. The van der Waals surface area contributed by atoms with Crippen LogP contribution in [0.1, 0.15) is 11.1 Å². The second-order valence-corrected chi connectivity index (χ2v) is 5.08. The van der Waals surface area contributed by atoms with Crippen molar-refractivity contribution in [3.05, 3.63) is 41.6 Å². The third kappa shape index (κ3) is 3.66. The van der Waals surface area contributed by atoms with E-state index in [-0.39, 0.29) is 0 Å². The first-order valence-corrected chi connectivity index (χ1v) is 7.13.